The Morgan fingerprint density at radius 1 is 1.15 bits per heavy atom. The average Bonchev–Trinajstić information content (AvgIpc) is 2.98. The van der Waals surface area contributed by atoms with Gasteiger partial charge in [-0.1, -0.05) is 0 Å². The first-order chi connectivity index (χ1) is 9.69. The molecule has 0 radical (unpaired) electrons. The summed E-state index contributed by atoms with van der Waals surface area (Å²) < 4.78 is 14.7. The maximum Gasteiger partial charge on any atom is 0.337 e. The molecule has 102 valence electrons. The number of ether oxygens (including phenoxy) is 2. The highest BCUT2D eigenvalue weighted by molar-refractivity contribution is 5.90. The summed E-state index contributed by atoms with van der Waals surface area (Å²) in [5, 5.41) is 0. The Morgan fingerprint density at radius 3 is 2.50 bits per heavy atom. The molecule has 0 saturated heterocycles. The van der Waals surface area contributed by atoms with Crippen molar-refractivity contribution in [1.29, 1.82) is 0 Å². The lowest BCUT2D eigenvalue weighted by Gasteiger charge is -2.02. The highest BCUT2D eigenvalue weighted by atomic mass is 16.5. The van der Waals surface area contributed by atoms with Gasteiger partial charge in [-0.3, -0.25) is 0 Å². The molecule has 0 atom stereocenters. The van der Waals surface area contributed by atoms with E-state index < -0.39 is 11.9 Å². The van der Waals surface area contributed by atoms with Crippen LogP contribution in [0.1, 0.15) is 16.1 Å². The van der Waals surface area contributed by atoms with Gasteiger partial charge in [-0.15, -0.1) is 0 Å². The molecule has 1 aromatic heterocycles. The van der Waals surface area contributed by atoms with E-state index in [1.54, 1.807) is 12.1 Å². The van der Waals surface area contributed by atoms with Gasteiger partial charge in [-0.25, -0.2) is 9.59 Å². The lowest BCUT2D eigenvalue weighted by Crippen LogP contribution is -2.05. The molecule has 2 aromatic rings. The Kier molecular flexibility index (Phi) is 4.34. The van der Waals surface area contributed by atoms with E-state index in [0.29, 0.717) is 17.1 Å². The Labute approximate surface area is 115 Å². The molecule has 2 rings (SSSR count). The van der Waals surface area contributed by atoms with Crippen molar-refractivity contribution in [2.24, 2.45) is 0 Å². The predicted octanol–water partition coefficient (Wildman–Crippen LogP) is 2.69. The zero-order valence-corrected chi connectivity index (χ0v) is 10.7. The van der Waals surface area contributed by atoms with Crippen molar-refractivity contribution in [2.45, 2.75) is 0 Å². The van der Waals surface area contributed by atoms with Crippen LogP contribution < -0.4 is 4.74 Å². The molecule has 0 unspecified atom stereocenters. The van der Waals surface area contributed by atoms with Gasteiger partial charge < -0.3 is 13.9 Å². The van der Waals surface area contributed by atoms with E-state index in [-0.39, 0.29) is 0 Å². The standard InChI is InChI=1S/C15H12O5/c1-18-15(17)11-4-6-13(7-5-11)20-14(16)9-8-12-3-2-10-19-12/h2-10H,1H3. The number of furan rings is 1. The molecule has 1 aromatic carbocycles. The molecule has 1 heterocycles. The Balaban J connectivity index is 1.96. The minimum absolute atomic E-state index is 0.340. The first kappa shape index (κ1) is 13.6. The van der Waals surface area contributed by atoms with Crippen LogP contribution in [-0.4, -0.2) is 19.0 Å². The summed E-state index contributed by atoms with van der Waals surface area (Å²) in [6.07, 6.45) is 4.27. The third-order valence-electron chi connectivity index (χ3n) is 2.42. The normalized spacial score (nSPS) is 10.4. The van der Waals surface area contributed by atoms with Gasteiger partial charge >= 0.3 is 11.9 Å². The van der Waals surface area contributed by atoms with Gasteiger partial charge in [0.05, 0.1) is 18.9 Å². The predicted molar refractivity (Wildman–Crippen MR) is 71.2 cm³/mol. The number of carbonyl (C=O) groups is 2. The van der Waals surface area contributed by atoms with Gasteiger partial charge in [-0.05, 0) is 42.5 Å². The quantitative estimate of drug-likeness (QED) is 0.486. The lowest BCUT2D eigenvalue weighted by molar-refractivity contribution is -0.128. The van der Waals surface area contributed by atoms with Crippen molar-refractivity contribution in [3.05, 3.63) is 60.1 Å². The highest BCUT2D eigenvalue weighted by Crippen LogP contribution is 2.13. The molecule has 20 heavy (non-hydrogen) atoms. The minimum atomic E-state index is -0.535. The second kappa shape index (κ2) is 6.38. The molecular weight excluding hydrogens is 260 g/mol. The zero-order chi connectivity index (χ0) is 14.4. The molecule has 5 nitrogen and oxygen atoms in total. The first-order valence-electron chi connectivity index (χ1n) is 5.81. The number of rotatable bonds is 4. The number of methoxy groups -OCH3 is 1. The van der Waals surface area contributed by atoms with Gasteiger partial charge in [0.15, 0.2) is 0 Å². The molecule has 0 amide bonds. The number of benzene rings is 1. The van der Waals surface area contributed by atoms with Gasteiger partial charge in [-0.2, -0.15) is 0 Å². The molecule has 0 aliphatic carbocycles. The number of hydrogen-bond acceptors (Lipinski definition) is 5. The Bertz CT molecular complexity index is 608. The fourth-order valence-corrected chi connectivity index (χ4v) is 1.46. The van der Waals surface area contributed by atoms with E-state index in [1.165, 1.54) is 49.8 Å². The number of hydrogen-bond donors (Lipinski definition) is 0. The van der Waals surface area contributed by atoms with Crippen LogP contribution in [0.25, 0.3) is 6.08 Å². The lowest BCUT2D eigenvalue weighted by atomic mass is 10.2. The van der Waals surface area contributed by atoms with Crippen LogP contribution in [0.4, 0.5) is 0 Å². The topological polar surface area (TPSA) is 65.7 Å². The smallest absolute Gasteiger partial charge is 0.337 e. The Morgan fingerprint density at radius 2 is 1.90 bits per heavy atom. The molecule has 0 saturated carbocycles. The molecule has 0 bridgehead atoms. The molecule has 0 fully saturated rings. The zero-order valence-electron chi connectivity index (χ0n) is 10.7. The van der Waals surface area contributed by atoms with E-state index in [2.05, 4.69) is 4.74 Å². The van der Waals surface area contributed by atoms with Crippen molar-refractivity contribution < 1.29 is 23.5 Å². The fraction of sp³-hybridized carbons (Fsp3) is 0.0667. The van der Waals surface area contributed by atoms with Crippen LogP contribution in [0.3, 0.4) is 0 Å². The monoisotopic (exact) mass is 272 g/mol. The SMILES string of the molecule is COC(=O)c1ccc(OC(=O)C=Cc2ccco2)cc1. The Hall–Kier alpha value is -2.82. The van der Waals surface area contributed by atoms with Gasteiger partial charge in [0.25, 0.3) is 0 Å². The fourth-order valence-electron chi connectivity index (χ4n) is 1.46. The first-order valence-corrected chi connectivity index (χ1v) is 5.81. The summed E-state index contributed by atoms with van der Waals surface area (Å²) in [5.74, 6) is -0.0810. The largest absolute Gasteiger partial charge is 0.465 e. The van der Waals surface area contributed by atoms with Crippen molar-refractivity contribution in [3.8, 4) is 5.75 Å². The van der Waals surface area contributed by atoms with Crippen LogP contribution in [0.15, 0.2) is 53.2 Å². The minimum Gasteiger partial charge on any atom is -0.465 e. The van der Waals surface area contributed by atoms with Crippen LogP contribution >= 0.6 is 0 Å². The maximum absolute atomic E-state index is 11.5. The molecule has 5 heteroatoms. The third-order valence-corrected chi connectivity index (χ3v) is 2.42. The second-order valence-electron chi connectivity index (χ2n) is 3.79. The number of carbonyl (C=O) groups excluding carboxylic acids is 2. The van der Waals surface area contributed by atoms with Crippen molar-refractivity contribution >= 4 is 18.0 Å². The average molecular weight is 272 g/mol. The van der Waals surface area contributed by atoms with Crippen molar-refractivity contribution in [2.75, 3.05) is 7.11 Å². The van der Waals surface area contributed by atoms with Gasteiger partial charge in [0.2, 0.25) is 0 Å². The van der Waals surface area contributed by atoms with Crippen LogP contribution in [-0.2, 0) is 9.53 Å². The molecular formula is C15H12O5. The third kappa shape index (κ3) is 3.58. The van der Waals surface area contributed by atoms with E-state index in [1.807, 2.05) is 0 Å². The van der Waals surface area contributed by atoms with Crippen molar-refractivity contribution in [1.82, 2.24) is 0 Å². The van der Waals surface area contributed by atoms with Gasteiger partial charge in [0, 0.05) is 6.08 Å². The molecule has 0 N–H and O–H groups in total. The molecule has 0 aliphatic rings. The maximum atomic E-state index is 11.5. The van der Waals surface area contributed by atoms with Crippen molar-refractivity contribution in [3.63, 3.8) is 0 Å². The van der Waals surface area contributed by atoms with E-state index in [4.69, 9.17) is 9.15 Å². The summed E-state index contributed by atoms with van der Waals surface area (Å²) in [4.78, 5) is 22.8. The van der Waals surface area contributed by atoms with Crippen LogP contribution in [0.5, 0.6) is 5.75 Å². The highest BCUT2D eigenvalue weighted by Gasteiger charge is 2.06. The van der Waals surface area contributed by atoms with Crippen LogP contribution in [0, 0.1) is 0 Å². The number of esters is 2. The molecule has 0 aliphatic heterocycles. The van der Waals surface area contributed by atoms with E-state index >= 15 is 0 Å². The van der Waals surface area contributed by atoms with Gasteiger partial charge in [0.1, 0.15) is 11.5 Å². The molecule has 0 spiro atoms. The van der Waals surface area contributed by atoms with E-state index in [9.17, 15) is 9.59 Å². The van der Waals surface area contributed by atoms with Crippen LogP contribution in [0.2, 0.25) is 0 Å². The summed E-state index contributed by atoms with van der Waals surface area (Å²) >= 11 is 0. The van der Waals surface area contributed by atoms with E-state index in [0.717, 1.165) is 0 Å². The summed E-state index contributed by atoms with van der Waals surface area (Å²) in [6, 6.07) is 9.51. The summed E-state index contributed by atoms with van der Waals surface area (Å²) in [7, 11) is 1.30. The second-order valence-corrected chi connectivity index (χ2v) is 3.79. The summed E-state index contributed by atoms with van der Waals surface area (Å²) in [6.45, 7) is 0. The summed E-state index contributed by atoms with van der Waals surface area (Å²) in [5.41, 5.74) is 0.387.